The van der Waals surface area contributed by atoms with Crippen LogP contribution in [0.15, 0.2) is 18.2 Å². The monoisotopic (exact) mass is 347 g/mol. The largest absolute Gasteiger partial charge is 0.376 e. The second kappa shape index (κ2) is 7.59. The number of benzene rings is 1. The third kappa shape index (κ3) is 4.12. The Morgan fingerprint density at radius 2 is 2.21 bits per heavy atom. The number of aromatic nitrogens is 1. The van der Waals surface area contributed by atoms with Gasteiger partial charge in [0.05, 0.1) is 21.3 Å². The molecule has 24 heavy (non-hydrogen) atoms. The number of ether oxygens (including phenoxy) is 1. The second-order valence-corrected chi connectivity index (χ2v) is 7.84. The van der Waals surface area contributed by atoms with E-state index in [1.54, 1.807) is 11.3 Å². The number of aryl methyl sites for hydroxylation is 1. The fourth-order valence-corrected chi connectivity index (χ4v) is 3.80. The average Bonchev–Trinajstić information content (AvgIpc) is 3.17. The second-order valence-electron chi connectivity index (χ2n) is 6.60. The van der Waals surface area contributed by atoms with Gasteiger partial charge < -0.3 is 14.5 Å². The Hall–Kier alpha value is -1.50. The molecule has 0 unspecified atom stereocenters. The van der Waals surface area contributed by atoms with Gasteiger partial charge in [0.2, 0.25) is 0 Å². The molecule has 1 saturated heterocycles. The van der Waals surface area contributed by atoms with Crippen LogP contribution in [0.2, 0.25) is 0 Å². The number of carbonyl (C=O) groups is 1. The molecule has 1 amide bonds. The van der Waals surface area contributed by atoms with Crippen LogP contribution in [0.3, 0.4) is 0 Å². The highest BCUT2D eigenvalue weighted by molar-refractivity contribution is 7.18. The predicted molar refractivity (Wildman–Crippen MR) is 97.8 cm³/mol. The zero-order valence-corrected chi connectivity index (χ0v) is 15.4. The minimum Gasteiger partial charge on any atom is -0.376 e. The summed E-state index contributed by atoms with van der Waals surface area (Å²) in [6, 6.07) is 5.84. The Bertz CT molecular complexity index is 707. The van der Waals surface area contributed by atoms with Crippen molar-refractivity contribution in [3.63, 3.8) is 0 Å². The maximum atomic E-state index is 13.0. The van der Waals surface area contributed by atoms with Crippen LogP contribution in [0.1, 0.15) is 28.2 Å². The molecule has 1 aliphatic rings. The van der Waals surface area contributed by atoms with Gasteiger partial charge in [-0.1, -0.05) is 0 Å². The van der Waals surface area contributed by atoms with Crippen LogP contribution in [-0.4, -0.2) is 67.1 Å². The number of fused-ring (bicyclic) bond motifs is 1. The molecule has 0 saturated carbocycles. The number of rotatable bonds is 6. The van der Waals surface area contributed by atoms with Crippen LogP contribution < -0.4 is 0 Å². The first-order chi connectivity index (χ1) is 11.5. The van der Waals surface area contributed by atoms with Gasteiger partial charge in [0.25, 0.3) is 5.91 Å². The van der Waals surface area contributed by atoms with Crippen LogP contribution in [0.4, 0.5) is 0 Å². The van der Waals surface area contributed by atoms with E-state index in [4.69, 9.17) is 4.74 Å². The number of hydrogen-bond donors (Lipinski definition) is 0. The van der Waals surface area contributed by atoms with E-state index in [0.717, 1.165) is 41.2 Å². The molecule has 130 valence electrons. The molecular formula is C18H25N3O2S. The maximum absolute atomic E-state index is 13.0. The Morgan fingerprint density at radius 1 is 1.38 bits per heavy atom. The Kier molecular flexibility index (Phi) is 5.48. The highest BCUT2D eigenvalue weighted by atomic mass is 32.1. The number of likely N-dealkylation sites (N-methyl/N-ethyl adjacent to an activating group) is 1. The molecule has 2 heterocycles. The molecule has 0 N–H and O–H groups in total. The van der Waals surface area contributed by atoms with Crippen LogP contribution in [-0.2, 0) is 4.74 Å². The third-order valence-corrected chi connectivity index (χ3v) is 5.25. The van der Waals surface area contributed by atoms with Crippen molar-refractivity contribution in [3.05, 3.63) is 28.8 Å². The molecule has 0 bridgehead atoms. The zero-order valence-electron chi connectivity index (χ0n) is 14.6. The van der Waals surface area contributed by atoms with Crippen LogP contribution in [0, 0.1) is 6.92 Å². The summed E-state index contributed by atoms with van der Waals surface area (Å²) in [5.74, 6) is 0.0694. The molecule has 1 aromatic heterocycles. The molecule has 5 nitrogen and oxygen atoms in total. The number of nitrogens with zero attached hydrogens (tertiary/aromatic N) is 3. The summed E-state index contributed by atoms with van der Waals surface area (Å²) in [6.45, 7) is 5.02. The van der Waals surface area contributed by atoms with Crippen molar-refractivity contribution in [2.45, 2.75) is 25.9 Å². The van der Waals surface area contributed by atoms with Gasteiger partial charge >= 0.3 is 0 Å². The fourth-order valence-electron chi connectivity index (χ4n) is 2.99. The number of hydrogen-bond acceptors (Lipinski definition) is 5. The minimum absolute atomic E-state index is 0.0694. The first kappa shape index (κ1) is 17.3. The fraction of sp³-hybridized carbons (Fsp3) is 0.556. The average molecular weight is 347 g/mol. The highest BCUT2D eigenvalue weighted by Crippen LogP contribution is 2.23. The zero-order chi connectivity index (χ0) is 17.1. The quantitative estimate of drug-likeness (QED) is 0.806. The minimum atomic E-state index is 0.0694. The highest BCUT2D eigenvalue weighted by Gasteiger charge is 2.23. The first-order valence-electron chi connectivity index (χ1n) is 8.46. The maximum Gasteiger partial charge on any atom is 0.254 e. The van der Waals surface area contributed by atoms with Gasteiger partial charge in [-0.15, -0.1) is 11.3 Å². The summed E-state index contributed by atoms with van der Waals surface area (Å²) in [5.41, 5.74) is 1.62. The molecule has 1 fully saturated rings. The van der Waals surface area contributed by atoms with Gasteiger partial charge in [-0.2, -0.15) is 0 Å². The van der Waals surface area contributed by atoms with Gasteiger partial charge in [0, 0.05) is 31.8 Å². The van der Waals surface area contributed by atoms with Crippen molar-refractivity contribution in [1.82, 2.24) is 14.8 Å². The van der Waals surface area contributed by atoms with Crippen molar-refractivity contribution >= 4 is 27.5 Å². The molecule has 0 aliphatic carbocycles. The molecule has 1 atom stereocenters. The molecule has 3 rings (SSSR count). The van der Waals surface area contributed by atoms with Gasteiger partial charge in [-0.25, -0.2) is 4.98 Å². The lowest BCUT2D eigenvalue weighted by molar-refractivity contribution is 0.0512. The van der Waals surface area contributed by atoms with E-state index in [1.807, 2.05) is 44.1 Å². The molecule has 0 spiro atoms. The Balaban J connectivity index is 1.78. The Labute approximate surface area is 147 Å². The van der Waals surface area contributed by atoms with E-state index in [2.05, 4.69) is 9.88 Å². The molecule has 0 radical (unpaired) electrons. The Morgan fingerprint density at radius 3 is 2.92 bits per heavy atom. The van der Waals surface area contributed by atoms with E-state index < -0.39 is 0 Å². The van der Waals surface area contributed by atoms with Crippen molar-refractivity contribution in [2.24, 2.45) is 0 Å². The molecule has 6 heteroatoms. The lowest BCUT2D eigenvalue weighted by Gasteiger charge is -2.27. The van der Waals surface area contributed by atoms with Gasteiger partial charge in [-0.05, 0) is 52.1 Å². The summed E-state index contributed by atoms with van der Waals surface area (Å²) in [5, 5.41) is 1.03. The SMILES string of the molecule is Cc1nc2cc(C(=O)N(CCN(C)C)C[C@H]3CCCO3)ccc2s1. The van der Waals surface area contributed by atoms with E-state index in [0.29, 0.717) is 18.7 Å². The summed E-state index contributed by atoms with van der Waals surface area (Å²) in [6.07, 6.45) is 2.29. The van der Waals surface area contributed by atoms with E-state index in [1.165, 1.54) is 0 Å². The lowest BCUT2D eigenvalue weighted by atomic mass is 10.1. The number of thiazole rings is 1. The normalized spacial score (nSPS) is 17.8. The topological polar surface area (TPSA) is 45.7 Å². The standard InChI is InChI=1S/C18H25N3O2S/c1-13-19-16-11-14(6-7-17(16)24-13)18(22)21(9-8-20(2)3)12-15-5-4-10-23-15/h6-7,11,15H,4-5,8-10,12H2,1-3H3/t15-/m1/s1. The van der Waals surface area contributed by atoms with Crippen LogP contribution in [0.5, 0.6) is 0 Å². The predicted octanol–water partition coefficient (Wildman–Crippen LogP) is 2.79. The van der Waals surface area contributed by atoms with Crippen LogP contribution >= 0.6 is 11.3 Å². The van der Waals surface area contributed by atoms with Gasteiger partial charge in [0.15, 0.2) is 0 Å². The van der Waals surface area contributed by atoms with E-state index in [-0.39, 0.29) is 12.0 Å². The summed E-state index contributed by atoms with van der Waals surface area (Å²) < 4.78 is 6.86. The number of amides is 1. The molecular weight excluding hydrogens is 322 g/mol. The third-order valence-electron chi connectivity index (χ3n) is 4.29. The molecule has 1 aliphatic heterocycles. The van der Waals surface area contributed by atoms with E-state index in [9.17, 15) is 4.79 Å². The van der Waals surface area contributed by atoms with Gasteiger partial charge in [0.1, 0.15) is 0 Å². The van der Waals surface area contributed by atoms with Crippen molar-refractivity contribution < 1.29 is 9.53 Å². The summed E-state index contributed by atoms with van der Waals surface area (Å²) >= 11 is 1.66. The van der Waals surface area contributed by atoms with Gasteiger partial charge in [-0.3, -0.25) is 4.79 Å². The van der Waals surface area contributed by atoms with E-state index >= 15 is 0 Å². The van der Waals surface area contributed by atoms with Crippen molar-refractivity contribution in [2.75, 3.05) is 40.3 Å². The van der Waals surface area contributed by atoms with Crippen molar-refractivity contribution in [1.29, 1.82) is 0 Å². The lowest BCUT2D eigenvalue weighted by Crippen LogP contribution is -2.41. The summed E-state index contributed by atoms with van der Waals surface area (Å²) in [4.78, 5) is 21.6. The van der Waals surface area contributed by atoms with Crippen LogP contribution in [0.25, 0.3) is 10.2 Å². The van der Waals surface area contributed by atoms with Crippen molar-refractivity contribution in [3.8, 4) is 0 Å². The number of carbonyl (C=O) groups excluding carboxylic acids is 1. The first-order valence-corrected chi connectivity index (χ1v) is 9.27. The smallest absolute Gasteiger partial charge is 0.254 e. The summed E-state index contributed by atoms with van der Waals surface area (Å²) in [7, 11) is 4.05. The molecule has 2 aromatic rings. The molecule has 1 aromatic carbocycles.